The van der Waals surface area contributed by atoms with E-state index < -0.39 is 5.79 Å². The van der Waals surface area contributed by atoms with Gasteiger partial charge in [0.05, 0.1) is 13.2 Å². The molecule has 0 aromatic carbocycles. The van der Waals surface area contributed by atoms with Crippen LogP contribution in [0.5, 0.6) is 0 Å². The summed E-state index contributed by atoms with van der Waals surface area (Å²) in [7, 11) is 0. The minimum absolute atomic E-state index is 0.0529. The number of likely N-dealkylation sites (tertiary alicyclic amines) is 1. The molecular formula is C14H21NO4. The molecule has 2 heterocycles. The number of hydrogen-bond donors (Lipinski definition) is 0. The Bertz CT molecular complexity index is 356. The van der Waals surface area contributed by atoms with Crippen molar-refractivity contribution in [3.63, 3.8) is 0 Å². The predicted octanol–water partition coefficient (Wildman–Crippen LogP) is 1.11. The number of ketones is 1. The smallest absolute Gasteiger partial charge is 0.225 e. The molecule has 106 valence electrons. The number of Topliss-reactive ketones (excluding diaryl/α,β-unsaturated/α-hetero) is 1. The Hall–Kier alpha value is -0.940. The molecule has 1 aliphatic carbocycles. The monoisotopic (exact) mass is 267 g/mol. The van der Waals surface area contributed by atoms with Gasteiger partial charge in [-0.25, -0.2) is 0 Å². The summed E-state index contributed by atoms with van der Waals surface area (Å²) in [6.07, 6.45) is 4.13. The number of amides is 1. The molecule has 0 radical (unpaired) electrons. The van der Waals surface area contributed by atoms with Crippen LogP contribution < -0.4 is 0 Å². The third kappa shape index (κ3) is 2.67. The van der Waals surface area contributed by atoms with Gasteiger partial charge in [0.1, 0.15) is 5.78 Å². The molecule has 3 aliphatic rings. The summed E-state index contributed by atoms with van der Waals surface area (Å²) in [4.78, 5) is 25.5. The van der Waals surface area contributed by atoms with E-state index in [1.807, 2.05) is 4.90 Å². The first kappa shape index (κ1) is 13.1. The van der Waals surface area contributed by atoms with Crippen LogP contribution >= 0.6 is 0 Å². The molecule has 0 unspecified atom stereocenters. The largest absolute Gasteiger partial charge is 0.347 e. The minimum Gasteiger partial charge on any atom is -0.347 e. The summed E-state index contributed by atoms with van der Waals surface area (Å²) in [5.74, 6) is 0.158. The maximum Gasteiger partial charge on any atom is 0.225 e. The summed E-state index contributed by atoms with van der Waals surface area (Å²) in [5, 5.41) is 0. The van der Waals surface area contributed by atoms with Gasteiger partial charge in [-0.15, -0.1) is 0 Å². The average molecular weight is 267 g/mol. The van der Waals surface area contributed by atoms with E-state index in [1.54, 1.807) is 0 Å². The van der Waals surface area contributed by atoms with E-state index >= 15 is 0 Å². The molecule has 1 amide bonds. The zero-order valence-electron chi connectivity index (χ0n) is 11.2. The molecule has 3 rings (SSSR count). The quantitative estimate of drug-likeness (QED) is 0.714. The van der Waals surface area contributed by atoms with Crippen LogP contribution in [0.1, 0.15) is 38.5 Å². The van der Waals surface area contributed by atoms with Gasteiger partial charge in [0.25, 0.3) is 0 Å². The lowest BCUT2D eigenvalue weighted by Crippen LogP contribution is -2.49. The van der Waals surface area contributed by atoms with Crippen molar-refractivity contribution in [2.45, 2.75) is 44.3 Å². The van der Waals surface area contributed by atoms with Crippen LogP contribution in [0.25, 0.3) is 0 Å². The second-order valence-corrected chi connectivity index (χ2v) is 5.75. The fraction of sp³-hybridized carbons (Fsp3) is 0.857. The predicted molar refractivity (Wildman–Crippen MR) is 67.4 cm³/mol. The molecule has 5 nitrogen and oxygen atoms in total. The Balaban J connectivity index is 1.53. The van der Waals surface area contributed by atoms with Gasteiger partial charge in [-0.1, -0.05) is 0 Å². The molecule has 0 aromatic heterocycles. The first-order chi connectivity index (χ1) is 9.19. The molecule has 1 saturated carbocycles. The van der Waals surface area contributed by atoms with Crippen LogP contribution in [0.3, 0.4) is 0 Å². The van der Waals surface area contributed by atoms with E-state index in [0.29, 0.717) is 44.9 Å². The van der Waals surface area contributed by atoms with Crippen molar-refractivity contribution in [3.05, 3.63) is 0 Å². The lowest BCUT2D eigenvalue weighted by molar-refractivity contribution is -0.188. The Morgan fingerprint density at radius 3 is 2.26 bits per heavy atom. The third-order valence-corrected chi connectivity index (χ3v) is 4.54. The van der Waals surface area contributed by atoms with Crippen molar-refractivity contribution >= 4 is 11.7 Å². The topological polar surface area (TPSA) is 55.8 Å². The molecule has 2 aliphatic heterocycles. The number of nitrogens with zero attached hydrogens (tertiary/aromatic N) is 1. The van der Waals surface area contributed by atoms with Gasteiger partial charge in [0.2, 0.25) is 5.91 Å². The van der Waals surface area contributed by atoms with Gasteiger partial charge in [-0.05, 0) is 12.8 Å². The van der Waals surface area contributed by atoms with Crippen LogP contribution in [0.2, 0.25) is 0 Å². The van der Waals surface area contributed by atoms with E-state index in [0.717, 1.165) is 25.7 Å². The number of carbonyl (C=O) groups is 2. The first-order valence-electron chi connectivity index (χ1n) is 7.27. The fourth-order valence-corrected chi connectivity index (χ4v) is 3.30. The number of piperidine rings is 1. The first-order valence-corrected chi connectivity index (χ1v) is 7.27. The van der Waals surface area contributed by atoms with E-state index in [9.17, 15) is 9.59 Å². The van der Waals surface area contributed by atoms with E-state index in [2.05, 4.69) is 0 Å². The van der Waals surface area contributed by atoms with Gasteiger partial charge in [0.15, 0.2) is 5.79 Å². The Labute approximate surface area is 113 Å². The second kappa shape index (κ2) is 5.21. The molecule has 0 aromatic rings. The minimum atomic E-state index is -0.417. The van der Waals surface area contributed by atoms with Crippen molar-refractivity contribution < 1.29 is 19.1 Å². The van der Waals surface area contributed by atoms with Crippen molar-refractivity contribution in [3.8, 4) is 0 Å². The highest BCUT2D eigenvalue weighted by Crippen LogP contribution is 2.33. The van der Waals surface area contributed by atoms with Gasteiger partial charge in [-0.3, -0.25) is 9.59 Å². The van der Waals surface area contributed by atoms with Crippen molar-refractivity contribution in [2.24, 2.45) is 5.92 Å². The fourth-order valence-electron chi connectivity index (χ4n) is 3.30. The van der Waals surface area contributed by atoms with E-state index in [-0.39, 0.29) is 11.8 Å². The van der Waals surface area contributed by atoms with E-state index in [1.165, 1.54) is 0 Å². The molecule has 0 atom stereocenters. The van der Waals surface area contributed by atoms with Crippen LogP contribution in [0.4, 0.5) is 0 Å². The highest BCUT2D eigenvalue weighted by atomic mass is 16.7. The zero-order chi connectivity index (χ0) is 13.3. The number of carbonyl (C=O) groups excluding carboxylic acids is 2. The molecule has 0 N–H and O–H groups in total. The van der Waals surface area contributed by atoms with Crippen LogP contribution in [0, 0.1) is 5.92 Å². The van der Waals surface area contributed by atoms with Gasteiger partial charge < -0.3 is 14.4 Å². The van der Waals surface area contributed by atoms with Crippen LogP contribution in [0.15, 0.2) is 0 Å². The Morgan fingerprint density at radius 1 is 1.11 bits per heavy atom. The third-order valence-electron chi connectivity index (χ3n) is 4.54. The standard InChI is InChI=1S/C14H21NO4/c16-12-3-1-11(2-4-12)13(17)15-7-5-14(6-8-15)18-9-10-19-14/h11H,1-10H2. The average Bonchev–Trinajstić information content (AvgIpc) is 2.88. The summed E-state index contributed by atoms with van der Waals surface area (Å²) < 4.78 is 11.3. The van der Waals surface area contributed by atoms with Crippen molar-refractivity contribution in [1.29, 1.82) is 0 Å². The van der Waals surface area contributed by atoms with Crippen molar-refractivity contribution in [2.75, 3.05) is 26.3 Å². The van der Waals surface area contributed by atoms with Crippen LogP contribution in [-0.4, -0.2) is 48.7 Å². The molecule has 19 heavy (non-hydrogen) atoms. The Morgan fingerprint density at radius 2 is 1.68 bits per heavy atom. The highest BCUT2D eigenvalue weighted by Gasteiger charge is 2.41. The molecular weight excluding hydrogens is 246 g/mol. The van der Waals surface area contributed by atoms with Crippen LogP contribution in [-0.2, 0) is 19.1 Å². The molecule has 3 fully saturated rings. The van der Waals surface area contributed by atoms with Gasteiger partial charge in [0, 0.05) is 44.7 Å². The molecule has 1 spiro atoms. The zero-order valence-corrected chi connectivity index (χ0v) is 11.2. The number of rotatable bonds is 1. The lowest BCUT2D eigenvalue weighted by atomic mass is 9.87. The summed E-state index contributed by atoms with van der Waals surface area (Å²) in [6, 6.07) is 0. The van der Waals surface area contributed by atoms with Gasteiger partial charge >= 0.3 is 0 Å². The normalized spacial score (nSPS) is 28.0. The lowest BCUT2D eigenvalue weighted by Gasteiger charge is -2.39. The molecule has 2 saturated heterocycles. The highest BCUT2D eigenvalue weighted by molar-refractivity contribution is 5.84. The number of ether oxygens (including phenoxy) is 2. The maximum absolute atomic E-state index is 12.4. The Kier molecular flexibility index (Phi) is 3.58. The maximum atomic E-state index is 12.4. The van der Waals surface area contributed by atoms with Crippen molar-refractivity contribution in [1.82, 2.24) is 4.90 Å². The summed E-state index contributed by atoms with van der Waals surface area (Å²) >= 11 is 0. The van der Waals surface area contributed by atoms with E-state index in [4.69, 9.17) is 9.47 Å². The summed E-state index contributed by atoms with van der Waals surface area (Å²) in [5.41, 5.74) is 0. The van der Waals surface area contributed by atoms with Gasteiger partial charge in [-0.2, -0.15) is 0 Å². The SMILES string of the molecule is O=C1CCC(C(=O)N2CCC3(CC2)OCCO3)CC1. The second-order valence-electron chi connectivity index (χ2n) is 5.75. The number of hydrogen-bond acceptors (Lipinski definition) is 4. The molecule has 0 bridgehead atoms. The summed E-state index contributed by atoms with van der Waals surface area (Å²) in [6.45, 7) is 2.75. The molecule has 5 heteroatoms.